The fourth-order valence-corrected chi connectivity index (χ4v) is 1.99. The van der Waals surface area contributed by atoms with Gasteiger partial charge in [0.1, 0.15) is 17.1 Å². The fourth-order valence-electron chi connectivity index (χ4n) is 1.99. The first-order valence-corrected chi connectivity index (χ1v) is 7.66. The summed E-state index contributed by atoms with van der Waals surface area (Å²) in [5.74, 6) is -0.483. The Kier molecular flexibility index (Phi) is 5.89. The predicted molar refractivity (Wildman–Crippen MR) is 89.1 cm³/mol. The zero-order chi connectivity index (χ0) is 17.5. The smallest absolute Gasteiger partial charge is 0.354 e. The van der Waals surface area contributed by atoms with E-state index >= 15 is 0 Å². The maximum atomic E-state index is 12.2. The number of nitrogens with zero attached hydrogens (tertiary/aromatic N) is 1. The normalized spacial score (nSPS) is 10.5. The molecule has 6 heteroatoms. The molecule has 0 aliphatic carbocycles. The lowest BCUT2D eigenvalue weighted by molar-refractivity contribution is 0.0690. The van der Waals surface area contributed by atoms with Gasteiger partial charge in [0, 0.05) is 12.1 Å². The lowest BCUT2D eigenvalue weighted by Gasteiger charge is -2.13. The standard InChI is InChI=1S/C18H20N2O4/c1-12(2)11-24-16-9-4-3-6-13(16)10-19-17(21)14-7-5-8-15(20-14)18(22)23/h3-9,12H,10-11H2,1-2H3,(H,19,21)(H,22,23). The van der Waals surface area contributed by atoms with Gasteiger partial charge in [-0.3, -0.25) is 4.79 Å². The highest BCUT2D eigenvalue weighted by atomic mass is 16.5. The molecule has 2 rings (SSSR count). The Morgan fingerprint density at radius 3 is 2.54 bits per heavy atom. The third-order valence-electron chi connectivity index (χ3n) is 3.19. The Morgan fingerprint density at radius 2 is 1.83 bits per heavy atom. The molecule has 0 spiro atoms. The topological polar surface area (TPSA) is 88.5 Å². The van der Waals surface area contributed by atoms with Crippen LogP contribution in [0.25, 0.3) is 0 Å². The van der Waals surface area contributed by atoms with E-state index < -0.39 is 11.9 Å². The molecule has 0 saturated carbocycles. The lowest BCUT2D eigenvalue weighted by Crippen LogP contribution is -2.24. The third kappa shape index (κ3) is 4.81. The van der Waals surface area contributed by atoms with Gasteiger partial charge >= 0.3 is 5.97 Å². The summed E-state index contributed by atoms with van der Waals surface area (Å²) in [6.07, 6.45) is 0. The SMILES string of the molecule is CC(C)COc1ccccc1CNC(=O)c1cccc(C(=O)O)n1. The number of amides is 1. The summed E-state index contributed by atoms with van der Waals surface area (Å²) >= 11 is 0. The number of hydrogen-bond donors (Lipinski definition) is 2. The van der Waals surface area contributed by atoms with Crippen LogP contribution in [0.2, 0.25) is 0 Å². The van der Waals surface area contributed by atoms with Crippen LogP contribution in [0, 0.1) is 5.92 Å². The Labute approximate surface area is 140 Å². The quantitative estimate of drug-likeness (QED) is 0.816. The molecule has 24 heavy (non-hydrogen) atoms. The number of aromatic carboxylic acids is 1. The van der Waals surface area contributed by atoms with Gasteiger partial charge in [-0.2, -0.15) is 0 Å². The molecule has 0 unspecified atom stereocenters. The highest BCUT2D eigenvalue weighted by Crippen LogP contribution is 2.18. The van der Waals surface area contributed by atoms with Crippen molar-refractivity contribution in [2.45, 2.75) is 20.4 Å². The number of rotatable bonds is 7. The lowest BCUT2D eigenvalue weighted by atomic mass is 10.2. The van der Waals surface area contributed by atoms with Crippen molar-refractivity contribution in [3.05, 3.63) is 59.4 Å². The zero-order valence-corrected chi connectivity index (χ0v) is 13.7. The van der Waals surface area contributed by atoms with Gasteiger partial charge in [0.2, 0.25) is 0 Å². The molecule has 1 amide bonds. The van der Waals surface area contributed by atoms with Crippen LogP contribution in [0.15, 0.2) is 42.5 Å². The third-order valence-corrected chi connectivity index (χ3v) is 3.19. The van der Waals surface area contributed by atoms with Gasteiger partial charge in [0.15, 0.2) is 0 Å². The van der Waals surface area contributed by atoms with E-state index in [4.69, 9.17) is 9.84 Å². The Morgan fingerprint density at radius 1 is 1.12 bits per heavy atom. The highest BCUT2D eigenvalue weighted by molar-refractivity contribution is 5.94. The fraction of sp³-hybridized carbons (Fsp3) is 0.278. The van der Waals surface area contributed by atoms with Crippen LogP contribution in [-0.2, 0) is 6.54 Å². The van der Waals surface area contributed by atoms with Crippen molar-refractivity contribution < 1.29 is 19.4 Å². The molecule has 0 bridgehead atoms. The van der Waals surface area contributed by atoms with Gasteiger partial charge in [0.05, 0.1) is 6.61 Å². The summed E-state index contributed by atoms with van der Waals surface area (Å²) in [6.45, 7) is 4.98. The molecular weight excluding hydrogens is 308 g/mol. The zero-order valence-electron chi connectivity index (χ0n) is 13.7. The van der Waals surface area contributed by atoms with Crippen LogP contribution in [0.4, 0.5) is 0 Å². The summed E-state index contributed by atoms with van der Waals surface area (Å²) in [7, 11) is 0. The number of pyridine rings is 1. The molecule has 1 heterocycles. The van der Waals surface area contributed by atoms with E-state index in [1.54, 1.807) is 0 Å². The van der Waals surface area contributed by atoms with Gasteiger partial charge < -0.3 is 15.2 Å². The first-order valence-electron chi connectivity index (χ1n) is 7.66. The van der Waals surface area contributed by atoms with Crippen LogP contribution in [0.5, 0.6) is 5.75 Å². The van der Waals surface area contributed by atoms with E-state index in [9.17, 15) is 9.59 Å². The largest absolute Gasteiger partial charge is 0.493 e. The minimum atomic E-state index is -1.17. The molecule has 0 aliphatic heterocycles. The minimum absolute atomic E-state index is 0.0653. The number of aromatic nitrogens is 1. The van der Waals surface area contributed by atoms with Crippen LogP contribution in [0.1, 0.15) is 40.4 Å². The number of ether oxygens (including phenoxy) is 1. The van der Waals surface area contributed by atoms with E-state index in [1.165, 1.54) is 18.2 Å². The maximum Gasteiger partial charge on any atom is 0.354 e. The number of hydrogen-bond acceptors (Lipinski definition) is 4. The first kappa shape index (κ1) is 17.5. The number of para-hydroxylation sites is 1. The number of carboxylic acids is 1. The molecule has 0 fully saturated rings. The highest BCUT2D eigenvalue weighted by Gasteiger charge is 2.12. The summed E-state index contributed by atoms with van der Waals surface area (Å²) in [6, 6.07) is 11.8. The second-order valence-electron chi connectivity index (χ2n) is 5.71. The van der Waals surface area contributed by atoms with E-state index in [2.05, 4.69) is 24.1 Å². The first-order chi connectivity index (χ1) is 11.5. The summed E-state index contributed by atoms with van der Waals surface area (Å²) in [4.78, 5) is 26.9. The van der Waals surface area contributed by atoms with Gasteiger partial charge in [-0.25, -0.2) is 9.78 Å². The van der Waals surface area contributed by atoms with Gasteiger partial charge in [0.25, 0.3) is 5.91 Å². The Hall–Kier alpha value is -2.89. The van der Waals surface area contributed by atoms with Crippen molar-refractivity contribution >= 4 is 11.9 Å². The molecule has 1 aromatic heterocycles. The van der Waals surface area contributed by atoms with E-state index in [0.717, 1.165) is 11.3 Å². The second-order valence-corrected chi connectivity index (χ2v) is 5.71. The molecule has 0 saturated heterocycles. The molecule has 0 radical (unpaired) electrons. The van der Waals surface area contributed by atoms with Crippen molar-refractivity contribution in [1.29, 1.82) is 0 Å². The number of nitrogens with one attached hydrogen (secondary N) is 1. The molecule has 1 aromatic carbocycles. The van der Waals surface area contributed by atoms with Crippen molar-refractivity contribution in [2.75, 3.05) is 6.61 Å². The van der Waals surface area contributed by atoms with E-state index in [-0.39, 0.29) is 17.9 Å². The van der Waals surface area contributed by atoms with Crippen molar-refractivity contribution in [3.63, 3.8) is 0 Å². The van der Waals surface area contributed by atoms with Crippen LogP contribution in [-0.4, -0.2) is 28.6 Å². The Balaban J connectivity index is 2.04. The molecule has 0 atom stereocenters. The predicted octanol–water partition coefficient (Wildman–Crippen LogP) is 2.74. The van der Waals surface area contributed by atoms with Crippen LogP contribution >= 0.6 is 0 Å². The van der Waals surface area contributed by atoms with Crippen molar-refractivity contribution in [2.24, 2.45) is 5.92 Å². The van der Waals surface area contributed by atoms with E-state index in [1.807, 2.05) is 24.3 Å². The molecule has 2 N–H and O–H groups in total. The summed E-state index contributed by atoms with van der Waals surface area (Å²) in [5, 5.41) is 11.7. The van der Waals surface area contributed by atoms with Gasteiger partial charge in [-0.15, -0.1) is 0 Å². The van der Waals surface area contributed by atoms with Gasteiger partial charge in [-0.05, 0) is 24.1 Å². The average molecular weight is 328 g/mol. The number of benzene rings is 1. The summed E-state index contributed by atoms with van der Waals surface area (Å²) < 4.78 is 5.74. The molecule has 0 aliphatic rings. The average Bonchev–Trinajstić information content (AvgIpc) is 2.58. The molecular formula is C18H20N2O4. The van der Waals surface area contributed by atoms with Crippen molar-refractivity contribution in [3.8, 4) is 5.75 Å². The van der Waals surface area contributed by atoms with Gasteiger partial charge in [-0.1, -0.05) is 38.1 Å². The maximum absolute atomic E-state index is 12.2. The minimum Gasteiger partial charge on any atom is -0.493 e. The van der Waals surface area contributed by atoms with Crippen LogP contribution < -0.4 is 10.1 Å². The summed E-state index contributed by atoms with van der Waals surface area (Å²) in [5.41, 5.74) is 0.750. The number of carbonyl (C=O) groups excluding carboxylic acids is 1. The van der Waals surface area contributed by atoms with E-state index in [0.29, 0.717) is 12.5 Å². The van der Waals surface area contributed by atoms with Crippen molar-refractivity contribution in [1.82, 2.24) is 10.3 Å². The second kappa shape index (κ2) is 8.10. The molecule has 2 aromatic rings. The number of carbonyl (C=O) groups is 2. The molecule has 6 nitrogen and oxygen atoms in total. The van der Waals surface area contributed by atoms with Crippen LogP contribution in [0.3, 0.4) is 0 Å². The number of carboxylic acid groups (broad SMARTS) is 1. The monoisotopic (exact) mass is 328 g/mol. The molecule has 126 valence electrons. The Bertz CT molecular complexity index is 728.